The van der Waals surface area contributed by atoms with Gasteiger partial charge in [-0.3, -0.25) is 4.99 Å². The van der Waals surface area contributed by atoms with Crippen LogP contribution in [0.1, 0.15) is 16.7 Å². The van der Waals surface area contributed by atoms with Crippen LogP contribution in [-0.4, -0.2) is 28.5 Å². The average Bonchev–Trinajstić information content (AvgIpc) is 2.65. The molecule has 9 heteroatoms. The van der Waals surface area contributed by atoms with E-state index in [9.17, 15) is 12.8 Å². The highest BCUT2D eigenvalue weighted by atomic mass is 127. The SMILES string of the molecule is CN=C(NCc1ccc(S(=O)(=O)NC)cc1)NCc1ccc(F)c(C)c1.I. The Kier molecular flexibility index (Phi) is 9.13. The third kappa shape index (κ3) is 6.74. The highest BCUT2D eigenvalue weighted by Gasteiger charge is 2.10. The van der Waals surface area contributed by atoms with Crippen molar-refractivity contribution in [3.05, 3.63) is 65.0 Å². The number of guanidine groups is 1. The van der Waals surface area contributed by atoms with E-state index in [4.69, 9.17) is 0 Å². The smallest absolute Gasteiger partial charge is 0.240 e. The van der Waals surface area contributed by atoms with Gasteiger partial charge in [-0.1, -0.05) is 24.3 Å². The summed E-state index contributed by atoms with van der Waals surface area (Å²) in [4.78, 5) is 4.36. The lowest BCUT2D eigenvalue weighted by atomic mass is 10.1. The van der Waals surface area contributed by atoms with Gasteiger partial charge in [0.25, 0.3) is 0 Å². The molecule has 3 N–H and O–H groups in total. The van der Waals surface area contributed by atoms with Crippen molar-refractivity contribution in [2.45, 2.75) is 24.9 Å². The molecule has 0 bridgehead atoms. The fourth-order valence-electron chi connectivity index (χ4n) is 2.31. The van der Waals surface area contributed by atoms with Crippen molar-refractivity contribution in [2.24, 2.45) is 4.99 Å². The molecule has 0 aromatic heterocycles. The third-order valence-corrected chi connectivity index (χ3v) is 5.30. The summed E-state index contributed by atoms with van der Waals surface area (Å²) in [5.41, 5.74) is 2.47. The Hall–Kier alpha value is -1.72. The summed E-state index contributed by atoms with van der Waals surface area (Å²) in [6, 6.07) is 11.6. The molecule has 0 aliphatic rings. The number of nitrogens with zero attached hydrogens (tertiary/aromatic N) is 1. The minimum Gasteiger partial charge on any atom is -0.352 e. The number of hydrogen-bond acceptors (Lipinski definition) is 3. The molecule has 0 amide bonds. The summed E-state index contributed by atoms with van der Waals surface area (Å²) in [6.45, 7) is 2.73. The fourth-order valence-corrected chi connectivity index (χ4v) is 3.04. The number of benzene rings is 2. The first kappa shape index (κ1) is 23.3. The average molecular weight is 506 g/mol. The van der Waals surface area contributed by atoms with Gasteiger partial charge >= 0.3 is 0 Å². The monoisotopic (exact) mass is 506 g/mol. The maximum Gasteiger partial charge on any atom is 0.240 e. The van der Waals surface area contributed by atoms with Crippen LogP contribution >= 0.6 is 24.0 Å². The summed E-state index contributed by atoms with van der Waals surface area (Å²) >= 11 is 0. The molecule has 0 atom stereocenters. The number of halogens is 2. The third-order valence-electron chi connectivity index (χ3n) is 3.87. The molecule has 0 unspecified atom stereocenters. The number of hydrogen-bond donors (Lipinski definition) is 3. The maximum atomic E-state index is 13.3. The molecule has 0 radical (unpaired) electrons. The first-order chi connectivity index (χ1) is 12.4. The predicted molar refractivity (Wildman–Crippen MR) is 116 cm³/mol. The van der Waals surface area contributed by atoms with E-state index in [1.54, 1.807) is 50.4 Å². The fraction of sp³-hybridized carbons (Fsp3) is 0.278. The van der Waals surface area contributed by atoms with Gasteiger partial charge in [0.15, 0.2) is 5.96 Å². The van der Waals surface area contributed by atoms with E-state index in [0.717, 1.165) is 11.1 Å². The standard InChI is InChI=1S/C18H23FN4O2S.HI/c1-13-10-15(6-9-17(13)19)12-23-18(20-2)22-11-14-4-7-16(8-5-14)26(24,25)21-3;/h4-10,21H,11-12H2,1-3H3,(H2,20,22,23);1H. The van der Waals surface area contributed by atoms with E-state index in [-0.39, 0.29) is 34.7 Å². The molecule has 2 aromatic rings. The van der Waals surface area contributed by atoms with Gasteiger partial charge in [-0.25, -0.2) is 17.5 Å². The van der Waals surface area contributed by atoms with Crippen LogP contribution in [0.3, 0.4) is 0 Å². The quantitative estimate of drug-likeness (QED) is 0.320. The molecule has 2 aromatic carbocycles. The zero-order chi connectivity index (χ0) is 19.2. The predicted octanol–water partition coefficient (Wildman–Crippen LogP) is 2.53. The molecule has 0 saturated carbocycles. The zero-order valence-corrected chi connectivity index (χ0v) is 18.6. The van der Waals surface area contributed by atoms with Gasteiger partial charge < -0.3 is 10.6 Å². The van der Waals surface area contributed by atoms with E-state index in [0.29, 0.717) is 24.6 Å². The Morgan fingerprint density at radius 2 is 1.59 bits per heavy atom. The van der Waals surface area contributed by atoms with E-state index in [1.165, 1.54) is 13.1 Å². The molecule has 0 heterocycles. The van der Waals surface area contributed by atoms with Crippen molar-refractivity contribution in [3.63, 3.8) is 0 Å². The minimum absolute atomic E-state index is 0. The van der Waals surface area contributed by atoms with Crippen LogP contribution in [-0.2, 0) is 23.1 Å². The van der Waals surface area contributed by atoms with Crippen molar-refractivity contribution >= 4 is 40.0 Å². The van der Waals surface area contributed by atoms with Gasteiger partial charge in [0.2, 0.25) is 10.0 Å². The number of rotatable bonds is 6. The summed E-state index contributed by atoms with van der Waals surface area (Å²) in [6.07, 6.45) is 0. The molecule has 6 nitrogen and oxygen atoms in total. The molecular weight excluding hydrogens is 482 g/mol. The van der Waals surface area contributed by atoms with E-state index >= 15 is 0 Å². The van der Waals surface area contributed by atoms with Gasteiger partial charge in [0.1, 0.15) is 5.82 Å². The van der Waals surface area contributed by atoms with Crippen LogP contribution in [0.5, 0.6) is 0 Å². The van der Waals surface area contributed by atoms with Gasteiger partial charge in [-0.15, -0.1) is 24.0 Å². The highest BCUT2D eigenvalue weighted by molar-refractivity contribution is 14.0. The second-order valence-corrected chi connectivity index (χ2v) is 7.60. The number of nitrogens with one attached hydrogen (secondary N) is 3. The molecular formula is C18H24FIN4O2S. The van der Waals surface area contributed by atoms with Crippen molar-refractivity contribution in [1.29, 1.82) is 0 Å². The highest BCUT2D eigenvalue weighted by Crippen LogP contribution is 2.10. The minimum atomic E-state index is -3.43. The van der Waals surface area contributed by atoms with Crippen molar-refractivity contribution in [3.8, 4) is 0 Å². The van der Waals surface area contributed by atoms with Gasteiger partial charge in [-0.05, 0) is 48.9 Å². The molecule has 2 rings (SSSR count). The molecule has 0 aliphatic carbocycles. The van der Waals surface area contributed by atoms with Crippen LogP contribution in [0.15, 0.2) is 52.4 Å². The summed E-state index contributed by atoms with van der Waals surface area (Å²) < 4.78 is 39.0. The molecule has 27 heavy (non-hydrogen) atoms. The van der Waals surface area contributed by atoms with Crippen LogP contribution in [0.25, 0.3) is 0 Å². The van der Waals surface area contributed by atoms with E-state index in [1.807, 2.05) is 0 Å². The lowest BCUT2D eigenvalue weighted by Gasteiger charge is -2.13. The van der Waals surface area contributed by atoms with Crippen LogP contribution in [0.4, 0.5) is 4.39 Å². The molecule has 148 valence electrons. The van der Waals surface area contributed by atoms with Crippen molar-refractivity contribution in [2.75, 3.05) is 14.1 Å². The Balaban J connectivity index is 0.00000364. The van der Waals surface area contributed by atoms with Gasteiger partial charge in [-0.2, -0.15) is 0 Å². The van der Waals surface area contributed by atoms with Gasteiger partial charge in [0.05, 0.1) is 4.90 Å². The molecule has 0 saturated heterocycles. The van der Waals surface area contributed by atoms with E-state index < -0.39 is 10.0 Å². The second kappa shape index (κ2) is 10.6. The molecule has 0 spiro atoms. The Morgan fingerprint density at radius 1 is 1.04 bits per heavy atom. The lowest BCUT2D eigenvalue weighted by Crippen LogP contribution is -2.36. The van der Waals surface area contributed by atoms with Crippen LogP contribution < -0.4 is 15.4 Å². The number of aryl methyl sites for hydroxylation is 1. The van der Waals surface area contributed by atoms with Crippen LogP contribution in [0.2, 0.25) is 0 Å². The largest absolute Gasteiger partial charge is 0.352 e. The maximum absolute atomic E-state index is 13.3. The Labute approximate surface area is 176 Å². The topological polar surface area (TPSA) is 82.6 Å². The van der Waals surface area contributed by atoms with Crippen molar-refractivity contribution < 1.29 is 12.8 Å². The lowest BCUT2D eigenvalue weighted by molar-refractivity contribution is 0.588. The normalized spacial score (nSPS) is 11.6. The first-order valence-electron chi connectivity index (χ1n) is 8.07. The number of sulfonamides is 1. The van der Waals surface area contributed by atoms with Gasteiger partial charge in [0, 0.05) is 20.1 Å². The zero-order valence-electron chi connectivity index (χ0n) is 15.4. The second-order valence-electron chi connectivity index (χ2n) is 5.71. The first-order valence-corrected chi connectivity index (χ1v) is 9.56. The Bertz CT molecular complexity index is 887. The van der Waals surface area contributed by atoms with E-state index in [2.05, 4.69) is 20.3 Å². The molecule has 0 fully saturated rings. The van der Waals surface area contributed by atoms with Crippen molar-refractivity contribution in [1.82, 2.24) is 15.4 Å². The van der Waals surface area contributed by atoms with Crippen LogP contribution in [0, 0.1) is 12.7 Å². The summed E-state index contributed by atoms with van der Waals surface area (Å²) in [5.74, 6) is 0.374. The number of aliphatic imine (C=N–C) groups is 1. The summed E-state index contributed by atoms with van der Waals surface area (Å²) in [7, 11) is -0.391. The molecule has 0 aliphatic heterocycles. The summed E-state index contributed by atoms with van der Waals surface area (Å²) in [5, 5.41) is 6.31. The Morgan fingerprint density at radius 3 is 2.11 bits per heavy atom.